The van der Waals surface area contributed by atoms with E-state index < -0.39 is 0 Å². The van der Waals surface area contributed by atoms with Crippen molar-refractivity contribution in [3.63, 3.8) is 0 Å². The molecule has 1 N–H and O–H groups in total. The molecule has 1 aromatic heterocycles. The molecule has 1 aromatic rings. The molecule has 1 aliphatic carbocycles. The number of thioether (sulfide) groups is 1. The molecule has 106 valence electrons. The van der Waals surface area contributed by atoms with Gasteiger partial charge in [-0.1, -0.05) is 13.3 Å². The molecule has 0 amide bonds. The first-order valence-corrected chi connectivity index (χ1v) is 8.13. The zero-order valence-corrected chi connectivity index (χ0v) is 12.8. The van der Waals surface area contributed by atoms with Crippen LogP contribution in [0.4, 0.5) is 5.82 Å². The van der Waals surface area contributed by atoms with Crippen LogP contribution in [0.5, 0.6) is 5.88 Å². The van der Waals surface area contributed by atoms with Crippen LogP contribution >= 0.6 is 11.8 Å². The van der Waals surface area contributed by atoms with E-state index in [1.54, 1.807) is 6.33 Å². The van der Waals surface area contributed by atoms with Crippen molar-refractivity contribution in [3.05, 3.63) is 11.9 Å². The van der Waals surface area contributed by atoms with Gasteiger partial charge in [0.25, 0.3) is 0 Å². The van der Waals surface area contributed by atoms with E-state index in [9.17, 15) is 0 Å². The average molecular weight is 281 g/mol. The summed E-state index contributed by atoms with van der Waals surface area (Å²) < 4.78 is 5.52. The number of ether oxygens (including phenoxy) is 1. The van der Waals surface area contributed by atoms with Gasteiger partial charge < -0.3 is 10.1 Å². The van der Waals surface area contributed by atoms with Crippen LogP contribution < -0.4 is 10.1 Å². The number of hydrogen-bond donors (Lipinski definition) is 1. The quantitative estimate of drug-likeness (QED) is 0.867. The van der Waals surface area contributed by atoms with E-state index in [1.165, 1.54) is 25.0 Å². The Kier molecular flexibility index (Phi) is 5.31. The van der Waals surface area contributed by atoms with Crippen molar-refractivity contribution in [2.75, 3.05) is 17.7 Å². The maximum atomic E-state index is 5.52. The highest BCUT2D eigenvalue weighted by atomic mass is 32.2. The van der Waals surface area contributed by atoms with Crippen molar-refractivity contribution in [2.45, 2.75) is 51.3 Å². The van der Waals surface area contributed by atoms with Gasteiger partial charge in [-0.2, -0.15) is 11.8 Å². The number of nitrogens with zero attached hydrogens (tertiary/aromatic N) is 2. The van der Waals surface area contributed by atoms with Gasteiger partial charge in [0.15, 0.2) is 0 Å². The van der Waals surface area contributed by atoms with Crippen molar-refractivity contribution in [1.82, 2.24) is 9.97 Å². The lowest BCUT2D eigenvalue weighted by atomic mass is 10.2. The molecule has 5 heteroatoms. The average Bonchev–Trinajstić information content (AvgIpc) is 2.82. The molecule has 0 radical (unpaired) electrons. The molecule has 0 saturated heterocycles. The molecule has 1 fully saturated rings. The van der Waals surface area contributed by atoms with Gasteiger partial charge in [-0.25, -0.2) is 9.97 Å². The number of anilines is 1. The smallest absolute Gasteiger partial charge is 0.221 e. The fraction of sp³-hybridized carbons (Fsp3) is 0.714. The molecular formula is C14H23N3OS. The first-order valence-electron chi connectivity index (χ1n) is 7.08. The third-order valence-corrected chi connectivity index (χ3v) is 4.80. The predicted molar refractivity (Wildman–Crippen MR) is 81.1 cm³/mol. The highest BCUT2D eigenvalue weighted by Gasteiger charge is 2.27. The van der Waals surface area contributed by atoms with Gasteiger partial charge in [0.2, 0.25) is 5.88 Å². The van der Waals surface area contributed by atoms with Crippen LogP contribution in [0.15, 0.2) is 6.33 Å². The van der Waals surface area contributed by atoms with Crippen LogP contribution in [0.3, 0.4) is 0 Å². The van der Waals surface area contributed by atoms with Crippen molar-refractivity contribution < 1.29 is 4.74 Å². The first kappa shape index (κ1) is 14.4. The van der Waals surface area contributed by atoms with Crippen molar-refractivity contribution in [1.29, 1.82) is 0 Å². The maximum absolute atomic E-state index is 5.52. The van der Waals surface area contributed by atoms with Crippen LogP contribution in [0.1, 0.15) is 38.7 Å². The molecule has 0 aliphatic heterocycles. The highest BCUT2D eigenvalue weighted by molar-refractivity contribution is 7.99. The normalized spacial score (nSPS) is 22.5. The number of aromatic nitrogens is 2. The van der Waals surface area contributed by atoms with E-state index in [4.69, 9.17) is 4.74 Å². The fourth-order valence-electron chi connectivity index (χ4n) is 2.54. The zero-order valence-electron chi connectivity index (χ0n) is 12.0. The van der Waals surface area contributed by atoms with Gasteiger partial charge in [0.1, 0.15) is 12.1 Å². The molecule has 19 heavy (non-hydrogen) atoms. The van der Waals surface area contributed by atoms with Gasteiger partial charge >= 0.3 is 0 Å². The summed E-state index contributed by atoms with van der Waals surface area (Å²) in [6.45, 7) is 6.85. The largest absolute Gasteiger partial charge is 0.478 e. The Morgan fingerprint density at radius 1 is 1.37 bits per heavy atom. The number of nitrogens with one attached hydrogen (secondary N) is 1. The minimum absolute atomic E-state index is 0.521. The predicted octanol–water partition coefficient (Wildman–Crippen LogP) is 3.27. The van der Waals surface area contributed by atoms with Crippen molar-refractivity contribution in [2.24, 2.45) is 0 Å². The fourth-order valence-corrected chi connectivity index (χ4v) is 3.74. The summed E-state index contributed by atoms with van der Waals surface area (Å²) in [5.74, 6) is 2.79. The van der Waals surface area contributed by atoms with E-state index in [0.717, 1.165) is 11.4 Å². The molecule has 1 aliphatic rings. The van der Waals surface area contributed by atoms with Gasteiger partial charge in [-0.05, 0) is 32.4 Å². The highest BCUT2D eigenvalue weighted by Crippen LogP contribution is 2.33. The SMILES string of the molecule is CCOc1ncnc(NC2CCCC2SCC)c1C. The Labute approximate surface area is 119 Å². The number of hydrogen-bond acceptors (Lipinski definition) is 5. The van der Waals surface area contributed by atoms with E-state index >= 15 is 0 Å². The molecule has 1 heterocycles. The van der Waals surface area contributed by atoms with E-state index in [2.05, 4.69) is 22.2 Å². The van der Waals surface area contributed by atoms with Gasteiger partial charge in [0, 0.05) is 11.3 Å². The van der Waals surface area contributed by atoms with E-state index in [1.807, 2.05) is 25.6 Å². The van der Waals surface area contributed by atoms with E-state index in [0.29, 0.717) is 23.8 Å². The monoisotopic (exact) mass is 281 g/mol. The third kappa shape index (κ3) is 3.53. The van der Waals surface area contributed by atoms with Gasteiger partial charge in [0.05, 0.1) is 12.2 Å². The molecule has 0 aromatic carbocycles. The molecule has 2 atom stereocenters. The Morgan fingerprint density at radius 2 is 2.21 bits per heavy atom. The summed E-state index contributed by atoms with van der Waals surface area (Å²) in [5.41, 5.74) is 1.01. The first-order chi connectivity index (χ1) is 9.26. The van der Waals surface area contributed by atoms with Gasteiger partial charge in [-0.15, -0.1) is 0 Å². The Morgan fingerprint density at radius 3 is 2.95 bits per heavy atom. The molecule has 0 bridgehead atoms. The van der Waals surface area contributed by atoms with Crippen LogP contribution in [-0.2, 0) is 0 Å². The summed E-state index contributed by atoms with van der Waals surface area (Å²) in [6.07, 6.45) is 5.42. The summed E-state index contributed by atoms with van der Waals surface area (Å²) in [7, 11) is 0. The Bertz CT molecular complexity index is 414. The molecule has 4 nitrogen and oxygen atoms in total. The topological polar surface area (TPSA) is 47.0 Å². The number of rotatable bonds is 6. The minimum Gasteiger partial charge on any atom is -0.478 e. The molecule has 1 saturated carbocycles. The summed E-state index contributed by atoms with van der Waals surface area (Å²) >= 11 is 2.05. The standard InChI is InChI=1S/C14H23N3OS/c1-4-18-14-10(3)13(15-9-16-14)17-11-7-6-8-12(11)19-5-2/h9,11-12H,4-8H2,1-3H3,(H,15,16,17). The molecule has 0 spiro atoms. The van der Waals surface area contributed by atoms with Crippen LogP contribution in [0.2, 0.25) is 0 Å². The molecular weight excluding hydrogens is 258 g/mol. The Hall–Kier alpha value is -0.970. The third-order valence-electron chi connectivity index (χ3n) is 3.47. The van der Waals surface area contributed by atoms with Crippen molar-refractivity contribution in [3.8, 4) is 5.88 Å². The van der Waals surface area contributed by atoms with Crippen LogP contribution in [0.25, 0.3) is 0 Å². The second-order valence-electron chi connectivity index (χ2n) is 4.76. The maximum Gasteiger partial charge on any atom is 0.221 e. The molecule has 2 rings (SSSR count). The zero-order chi connectivity index (χ0) is 13.7. The summed E-state index contributed by atoms with van der Waals surface area (Å²) in [4.78, 5) is 8.55. The lowest BCUT2D eigenvalue weighted by molar-refractivity contribution is 0.324. The lowest BCUT2D eigenvalue weighted by Gasteiger charge is -2.22. The summed E-state index contributed by atoms with van der Waals surface area (Å²) in [5, 5.41) is 4.29. The molecule has 2 unspecified atom stereocenters. The lowest BCUT2D eigenvalue weighted by Crippen LogP contribution is -2.27. The second kappa shape index (κ2) is 6.98. The second-order valence-corrected chi connectivity index (χ2v) is 6.28. The van der Waals surface area contributed by atoms with Crippen molar-refractivity contribution >= 4 is 17.6 Å². The summed E-state index contributed by atoms with van der Waals surface area (Å²) in [6, 6.07) is 0.521. The van der Waals surface area contributed by atoms with Crippen LogP contribution in [-0.4, -0.2) is 33.6 Å². The van der Waals surface area contributed by atoms with Gasteiger partial charge in [-0.3, -0.25) is 0 Å². The van der Waals surface area contributed by atoms with E-state index in [-0.39, 0.29) is 0 Å². The Balaban J connectivity index is 2.08. The minimum atomic E-state index is 0.521. The van der Waals surface area contributed by atoms with Crippen LogP contribution in [0, 0.1) is 6.92 Å².